The number of carbonyl (C=O) groups is 1. The Morgan fingerprint density at radius 1 is 1.27 bits per heavy atom. The summed E-state index contributed by atoms with van der Waals surface area (Å²) in [5.41, 5.74) is 1.34. The van der Waals surface area contributed by atoms with Crippen molar-refractivity contribution in [2.75, 3.05) is 0 Å². The average molecular weight is 204 g/mol. The van der Waals surface area contributed by atoms with Crippen molar-refractivity contribution in [3.05, 3.63) is 35.9 Å². The lowest BCUT2D eigenvalue weighted by atomic mass is 9.75. The predicted octanol–water partition coefficient (Wildman–Crippen LogP) is 3.48. The van der Waals surface area contributed by atoms with E-state index in [2.05, 4.69) is 32.9 Å². The maximum Gasteiger partial charge on any atom is 0.123 e. The highest BCUT2D eigenvalue weighted by atomic mass is 16.1. The van der Waals surface area contributed by atoms with Crippen molar-refractivity contribution in [3.63, 3.8) is 0 Å². The summed E-state index contributed by atoms with van der Waals surface area (Å²) in [6, 6.07) is 10.2. The first kappa shape index (κ1) is 12.0. The highest BCUT2D eigenvalue weighted by molar-refractivity contribution is 5.55. The zero-order valence-electron chi connectivity index (χ0n) is 9.86. The van der Waals surface area contributed by atoms with E-state index in [0.29, 0.717) is 0 Å². The summed E-state index contributed by atoms with van der Waals surface area (Å²) in [6.07, 6.45) is 2.99. The van der Waals surface area contributed by atoms with Crippen LogP contribution in [-0.4, -0.2) is 6.29 Å². The van der Waals surface area contributed by atoms with Crippen LogP contribution in [0.5, 0.6) is 0 Å². The van der Waals surface area contributed by atoms with Crippen LogP contribution in [0.25, 0.3) is 0 Å². The Morgan fingerprint density at radius 2 is 1.87 bits per heavy atom. The minimum absolute atomic E-state index is 0.0948. The van der Waals surface area contributed by atoms with Gasteiger partial charge in [-0.05, 0) is 17.4 Å². The zero-order valence-corrected chi connectivity index (χ0v) is 9.86. The molecule has 0 spiro atoms. The van der Waals surface area contributed by atoms with Gasteiger partial charge < -0.3 is 4.79 Å². The first-order valence-electron chi connectivity index (χ1n) is 5.59. The topological polar surface area (TPSA) is 17.1 Å². The molecular formula is C14H20O. The molecule has 0 amide bonds. The average Bonchev–Trinajstić information content (AvgIpc) is 2.27. The maximum absolute atomic E-state index is 11.1. The summed E-state index contributed by atoms with van der Waals surface area (Å²) in [5.74, 6) is 0.116. The third-order valence-corrected chi connectivity index (χ3v) is 3.38. The van der Waals surface area contributed by atoms with Crippen LogP contribution in [-0.2, 0) is 11.2 Å². The van der Waals surface area contributed by atoms with Crippen molar-refractivity contribution < 1.29 is 4.79 Å². The van der Waals surface area contributed by atoms with Crippen LogP contribution in [0.15, 0.2) is 30.3 Å². The van der Waals surface area contributed by atoms with Crippen LogP contribution in [0, 0.1) is 11.3 Å². The number of benzene rings is 1. The second-order valence-corrected chi connectivity index (χ2v) is 4.77. The van der Waals surface area contributed by atoms with Gasteiger partial charge in [0.2, 0.25) is 0 Å². The molecule has 82 valence electrons. The molecule has 1 heteroatoms. The van der Waals surface area contributed by atoms with Crippen molar-refractivity contribution in [2.24, 2.45) is 11.3 Å². The van der Waals surface area contributed by atoms with E-state index in [-0.39, 0.29) is 11.3 Å². The lowest BCUT2D eigenvalue weighted by molar-refractivity contribution is -0.114. The fraction of sp³-hybridized carbons (Fsp3) is 0.500. The van der Waals surface area contributed by atoms with Gasteiger partial charge >= 0.3 is 0 Å². The molecule has 1 aromatic rings. The lowest BCUT2D eigenvalue weighted by Crippen LogP contribution is -2.26. The smallest absolute Gasteiger partial charge is 0.123 e. The molecule has 0 fully saturated rings. The van der Waals surface area contributed by atoms with Crippen LogP contribution in [0.3, 0.4) is 0 Å². The van der Waals surface area contributed by atoms with Gasteiger partial charge in [0, 0.05) is 5.92 Å². The second kappa shape index (κ2) is 5.11. The van der Waals surface area contributed by atoms with Gasteiger partial charge in [-0.1, -0.05) is 57.5 Å². The molecule has 1 nitrogen and oxygen atoms in total. The van der Waals surface area contributed by atoms with Gasteiger partial charge in [-0.3, -0.25) is 0 Å². The monoisotopic (exact) mass is 204 g/mol. The molecule has 0 aliphatic carbocycles. The summed E-state index contributed by atoms with van der Waals surface area (Å²) in [7, 11) is 0. The summed E-state index contributed by atoms with van der Waals surface area (Å²) in [5, 5.41) is 0. The minimum Gasteiger partial charge on any atom is -0.303 e. The van der Waals surface area contributed by atoms with Crippen molar-refractivity contribution >= 4 is 6.29 Å². The zero-order chi connectivity index (χ0) is 11.3. The van der Waals surface area contributed by atoms with Gasteiger partial charge in [-0.15, -0.1) is 0 Å². The SMILES string of the molecule is CCC(C)(C)C(C=O)Cc1ccccc1. The fourth-order valence-corrected chi connectivity index (χ4v) is 1.64. The van der Waals surface area contributed by atoms with E-state index in [4.69, 9.17) is 0 Å². The van der Waals surface area contributed by atoms with Gasteiger partial charge in [0.15, 0.2) is 0 Å². The Labute approximate surface area is 92.5 Å². The van der Waals surface area contributed by atoms with E-state index in [1.54, 1.807) is 0 Å². The third-order valence-electron chi connectivity index (χ3n) is 3.38. The molecule has 1 atom stereocenters. The third kappa shape index (κ3) is 3.19. The normalized spacial score (nSPS) is 13.5. The molecule has 0 aromatic heterocycles. The molecule has 1 rings (SSSR count). The van der Waals surface area contributed by atoms with E-state index in [9.17, 15) is 4.79 Å². The Hall–Kier alpha value is -1.11. The molecule has 0 saturated heterocycles. The van der Waals surface area contributed by atoms with E-state index in [1.807, 2.05) is 18.2 Å². The van der Waals surface area contributed by atoms with Crippen LogP contribution in [0.4, 0.5) is 0 Å². The van der Waals surface area contributed by atoms with E-state index in [0.717, 1.165) is 19.1 Å². The Bertz CT molecular complexity index is 300. The Morgan fingerprint density at radius 3 is 2.33 bits per heavy atom. The van der Waals surface area contributed by atoms with Crippen molar-refractivity contribution in [3.8, 4) is 0 Å². The van der Waals surface area contributed by atoms with Gasteiger partial charge in [0.05, 0.1) is 0 Å². The number of carbonyl (C=O) groups excluding carboxylic acids is 1. The van der Waals surface area contributed by atoms with Gasteiger partial charge in [-0.2, -0.15) is 0 Å². The first-order valence-corrected chi connectivity index (χ1v) is 5.59. The highest BCUT2D eigenvalue weighted by Gasteiger charge is 2.27. The Balaban J connectivity index is 2.74. The van der Waals surface area contributed by atoms with Gasteiger partial charge in [0.1, 0.15) is 6.29 Å². The van der Waals surface area contributed by atoms with Gasteiger partial charge in [0.25, 0.3) is 0 Å². The largest absolute Gasteiger partial charge is 0.303 e. The fourth-order valence-electron chi connectivity index (χ4n) is 1.64. The molecule has 1 aromatic carbocycles. The Kier molecular flexibility index (Phi) is 4.07. The van der Waals surface area contributed by atoms with Crippen molar-refractivity contribution in [2.45, 2.75) is 33.6 Å². The number of rotatable bonds is 5. The molecule has 0 aliphatic rings. The van der Waals surface area contributed by atoms with E-state index < -0.39 is 0 Å². The summed E-state index contributed by atoms with van der Waals surface area (Å²) >= 11 is 0. The maximum atomic E-state index is 11.1. The van der Waals surface area contributed by atoms with Crippen LogP contribution < -0.4 is 0 Å². The van der Waals surface area contributed by atoms with Crippen molar-refractivity contribution in [1.82, 2.24) is 0 Å². The van der Waals surface area contributed by atoms with Crippen LogP contribution in [0.2, 0.25) is 0 Å². The lowest BCUT2D eigenvalue weighted by Gasteiger charge is -2.29. The molecule has 0 saturated carbocycles. The predicted molar refractivity (Wildman–Crippen MR) is 63.8 cm³/mol. The molecular weight excluding hydrogens is 184 g/mol. The molecule has 0 N–H and O–H groups in total. The highest BCUT2D eigenvalue weighted by Crippen LogP contribution is 2.31. The summed E-state index contributed by atoms with van der Waals surface area (Å²) in [4.78, 5) is 11.1. The quantitative estimate of drug-likeness (QED) is 0.671. The van der Waals surface area contributed by atoms with Crippen LogP contribution >= 0.6 is 0 Å². The second-order valence-electron chi connectivity index (χ2n) is 4.77. The molecule has 15 heavy (non-hydrogen) atoms. The van der Waals surface area contributed by atoms with E-state index in [1.165, 1.54) is 5.56 Å². The number of hydrogen-bond donors (Lipinski definition) is 0. The molecule has 0 bridgehead atoms. The molecule has 0 heterocycles. The number of aldehydes is 1. The standard InChI is InChI=1S/C14H20O/c1-4-14(2,3)13(11-15)10-12-8-6-5-7-9-12/h5-9,11,13H,4,10H2,1-3H3. The first-order chi connectivity index (χ1) is 7.10. The summed E-state index contributed by atoms with van der Waals surface area (Å²) in [6.45, 7) is 6.46. The van der Waals surface area contributed by atoms with Crippen molar-refractivity contribution in [1.29, 1.82) is 0 Å². The summed E-state index contributed by atoms with van der Waals surface area (Å²) < 4.78 is 0. The minimum atomic E-state index is 0.0948. The van der Waals surface area contributed by atoms with Gasteiger partial charge in [-0.25, -0.2) is 0 Å². The van der Waals surface area contributed by atoms with Crippen LogP contribution in [0.1, 0.15) is 32.8 Å². The molecule has 0 radical (unpaired) electrons. The van der Waals surface area contributed by atoms with E-state index >= 15 is 0 Å². The molecule has 0 aliphatic heterocycles. The molecule has 1 unspecified atom stereocenters. The number of hydrogen-bond acceptors (Lipinski definition) is 1.